The minimum absolute atomic E-state index is 0.165. The first kappa shape index (κ1) is 32.1. The lowest BCUT2D eigenvalue weighted by atomic mass is 9.81. The lowest BCUT2D eigenvalue weighted by molar-refractivity contribution is 0.0398. The predicted molar refractivity (Wildman–Crippen MR) is 174 cm³/mol. The van der Waals surface area contributed by atoms with Gasteiger partial charge in [-0.15, -0.1) is 0 Å². The van der Waals surface area contributed by atoms with Gasteiger partial charge >= 0.3 is 5.97 Å². The molecule has 2 aromatic heterocycles. The summed E-state index contributed by atoms with van der Waals surface area (Å²) in [6.45, 7) is 10.4. The van der Waals surface area contributed by atoms with Gasteiger partial charge in [-0.05, 0) is 55.7 Å². The zero-order valence-corrected chi connectivity index (χ0v) is 26.1. The van der Waals surface area contributed by atoms with Gasteiger partial charge in [-0.2, -0.15) is 15.0 Å². The Morgan fingerprint density at radius 3 is 2.65 bits per heavy atom. The molecule has 13 nitrogen and oxygen atoms in total. The number of hydrogen-bond acceptors (Lipinski definition) is 10. The molecule has 13 heteroatoms. The number of aromatic nitrogens is 4. The number of nitriles is 1. The second kappa shape index (κ2) is 14.2. The molecule has 0 radical (unpaired) electrons. The molecule has 0 spiro atoms. The first-order valence-corrected chi connectivity index (χ1v) is 15.1. The van der Waals surface area contributed by atoms with E-state index in [0.717, 1.165) is 44.0 Å². The highest BCUT2D eigenvalue weighted by molar-refractivity contribution is 6.04. The van der Waals surface area contributed by atoms with Gasteiger partial charge in [0.25, 0.3) is 5.91 Å². The van der Waals surface area contributed by atoms with Crippen LogP contribution in [0.1, 0.15) is 52.2 Å². The van der Waals surface area contributed by atoms with Gasteiger partial charge in [-0.3, -0.25) is 9.69 Å². The van der Waals surface area contributed by atoms with Gasteiger partial charge in [0.05, 0.1) is 24.7 Å². The van der Waals surface area contributed by atoms with Gasteiger partial charge < -0.3 is 25.8 Å². The smallest absolute Gasteiger partial charge is 0.356 e. The quantitative estimate of drug-likeness (QED) is 0.174. The number of amides is 1. The van der Waals surface area contributed by atoms with Crippen molar-refractivity contribution in [3.05, 3.63) is 83.3 Å². The van der Waals surface area contributed by atoms with E-state index in [1.54, 1.807) is 36.4 Å². The number of nitrogens with zero attached hydrogens (tertiary/aromatic N) is 6. The van der Waals surface area contributed by atoms with Crippen LogP contribution in [0.15, 0.2) is 60.9 Å². The number of aromatic carboxylic acids is 1. The number of carbonyl (C=O) groups is 2. The van der Waals surface area contributed by atoms with Crippen molar-refractivity contribution in [1.82, 2.24) is 24.6 Å². The summed E-state index contributed by atoms with van der Waals surface area (Å²) < 4.78 is 6.82. The van der Waals surface area contributed by atoms with Crippen LogP contribution in [-0.2, 0) is 10.2 Å². The molecule has 5 rings (SSSR count). The number of hydrogen-bond donors (Lipinski definition) is 4. The summed E-state index contributed by atoms with van der Waals surface area (Å²) in [5.74, 6) is -0.186. The van der Waals surface area contributed by atoms with Gasteiger partial charge in [0.1, 0.15) is 18.0 Å². The maximum absolute atomic E-state index is 13.2. The molecular weight excluding hydrogens is 586 g/mol. The van der Waals surface area contributed by atoms with E-state index in [1.807, 2.05) is 32.9 Å². The number of morpholine rings is 1. The van der Waals surface area contributed by atoms with Gasteiger partial charge in [0.15, 0.2) is 11.5 Å². The van der Waals surface area contributed by atoms with Crippen LogP contribution in [0.2, 0.25) is 0 Å². The number of rotatable bonds is 12. The Bertz CT molecular complexity index is 1760. The molecule has 1 aliphatic heterocycles. The molecule has 1 unspecified atom stereocenters. The number of ether oxygens (including phenoxy) is 1. The van der Waals surface area contributed by atoms with Crippen LogP contribution in [-0.4, -0.2) is 81.0 Å². The monoisotopic (exact) mass is 623 g/mol. The fourth-order valence-electron chi connectivity index (χ4n) is 5.00. The summed E-state index contributed by atoms with van der Waals surface area (Å²) >= 11 is 0. The SMILES string of the molecule is CCC(C)(C#N)c1cccc(C(=O)Nc2ccc(C)c(Nc3cc(C(=O)O)nn3-c3cc(NCCN4CCOCC4)ncn3)c2)c1. The van der Waals surface area contributed by atoms with E-state index in [4.69, 9.17) is 4.74 Å². The Balaban J connectivity index is 1.35. The van der Waals surface area contributed by atoms with Crippen LogP contribution in [0.5, 0.6) is 0 Å². The normalized spacial score (nSPS) is 14.6. The molecule has 1 aliphatic rings. The summed E-state index contributed by atoms with van der Waals surface area (Å²) in [4.78, 5) is 36.1. The topological polar surface area (TPSA) is 170 Å². The molecule has 3 heterocycles. The Labute approximate surface area is 267 Å². The molecule has 0 saturated carbocycles. The molecule has 0 bridgehead atoms. The van der Waals surface area contributed by atoms with E-state index in [1.165, 1.54) is 17.1 Å². The lowest BCUT2D eigenvalue weighted by Gasteiger charge is -2.26. The van der Waals surface area contributed by atoms with Gasteiger partial charge in [-0.1, -0.05) is 25.1 Å². The highest BCUT2D eigenvalue weighted by Crippen LogP contribution is 2.29. The van der Waals surface area contributed by atoms with Crippen LogP contribution in [0.25, 0.3) is 5.82 Å². The Hall–Kier alpha value is -5.32. The van der Waals surface area contributed by atoms with Crippen molar-refractivity contribution in [1.29, 1.82) is 5.26 Å². The van der Waals surface area contributed by atoms with Crippen LogP contribution in [0, 0.1) is 18.3 Å². The summed E-state index contributed by atoms with van der Waals surface area (Å²) in [5.41, 5.74) is 2.36. The first-order chi connectivity index (χ1) is 22.2. The molecule has 2 aromatic carbocycles. The number of carbonyl (C=O) groups excluding carboxylic acids is 1. The van der Waals surface area contributed by atoms with Crippen LogP contribution < -0.4 is 16.0 Å². The summed E-state index contributed by atoms with van der Waals surface area (Å²) in [6, 6.07) is 17.9. The molecule has 1 amide bonds. The molecule has 1 atom stereocenters. The molecule has 4 aromatic rings. The third kappa shape index (κ3) is 7.48. The first-order valence-electron chi connectivity index (χ1n) is 15.1. The van der Waals surface area contributed by atoms with Crippen molar-refractivity contribution >= 4 is 34.9 Å². The average molecular weight is 624 g/mol. The number of carboxylic acid groups (broad SMARTS) is 1. The van der Waals surface area contributed by atoms with E-state index in [0.29, 0.717) is 47.4 Å². The fourth-order valence-corrected chi connectivity index (χ4v) is 5.00. The van der Waals surface area contributed by atoms with Gasteiger partial charge in [-0.25, -0.2) is 14.8 Å². The Kier molecular flexibility index (Phi) is 9.90. The second-order valence-electron chi connectivity index (χ2n) is 11.3. The molecular formula is C33H37N9O4. The number of aryl methyl sites for hydroxylation is 1. The van der Waals surface area contributed by atoms with Crippen molar-refractivity contribution in [2.24, 2.45) is 0 Å². The highest BCUT2D eigenvalue weighted by Gasteiger charge is 2.25. The second-order valence-corrected chi connectivity index (χ2v) is 11.3. The molecule has 0 aliphatic carbocycles. The maximum atomic E-state index is 13.2. The van der Waals surface area contributed by atoms with Crippen LogP contribution in [0.4, 0.5) is 23.0 Å². The molecule has 46 heavy (non-hydrogen) atoms. The van der Waals surface area contributed by atoms with Crippen LogP contribution in [0.3, 0.4) is 0 Å². The zero-order valence-electron chi connectivity index (χ0n) is 26.1. The Morgan fingerprint density at radius 2 is 1.91 bits per heavy atom. The van der Waals surface area contributed by atoms with Crippen LogP contribution >= 0.6 is 0 Å². The van der Waals surface area contributed by atoms with Crippen molar-refractivity contribution in [3.8, 4) is 11.9 Å². The van der Waals surface area contributed by atoms with Crippen molar-refractivity contribution < 1.29 is 19.4 Å². The minimum Gasteiger partial charge on any atom is -0.476 e. The number of anilines is 4. The molecule has 238 valence electrons. The summed E-state index contributed by atoms with van der Waals surface area (Å²) in [6.07, 6.45) is 2.01. The fraction of sp³-hybridized carbons (Fsp3) is 0.333. The minimum atomic E-state index is -1.18. The zero-order chi connectivity index (χ0) is 32.7. The van der Waals surface area contributed by atoms with Crippen molar-refractivity contribution in [2.45, 2.75) is 32.6 Å². The lowest BCUT2D eigenvalue weighted by Crippen LogP contribution is -2.39. The summed E-state index contributed by atoms with van der Waals surface area (Å²) in [5, 5.41) is 33.2. The van der Waals surface area contributed by atoms with E-state index in [-0.39, 0.29) is 11.6 Å². The maximum Gasteiger partial charge on any atom is 0.356 e. The third-order valence-corrected chi connectivity index (χ3v) is 8.11. The standard InChI is InChI=1S/C33H37N9O4/c1-4-33(3,20-34)24-7-5-6-23(16-24)31(43)38-25-9-8-22(2)26(17-25)39-30-18-27(32(44)45)40-42(30)29-19-28(36-21-37-29)35-10-11-41-12-14-46-15-13-41/h5-9,16-19,21,39H,4,10-15H2,1-3H3,(H,38,43)(H,44,45)(H,35,36,37). The molecule has 1 fully saturated rings. The third-order valence-electron chi connectivity index (χ3n) is 8.11. The summed E-state index contributed by atoms with van der Waals surface area (Å²) in [7, 11) is 0. The predicted octanol–water partition coefficient (Wildman–Crippen LogP) is 4.60. The Morgan fingerprint density at radius 1 is 1.11 bits per heavy atom. The van der Waals surface area contributed by atoms with E-state index >= 15 is 0 Å². The number of benzene rings is 2. The van der Waals surface area contributed by atoms with Gasteiger partial charge in [0, 0.05) is 55.2 Å². The van der Waals surface area contributed by atoms with E-state index in [9.17, 15) is 20.0 Å². The van der Waals surface area contributed by atoms with Crippen molar-refractivity contribution in [2.75, 3.05) is 55.3 Å². The number of nitrogens with one attached hydrogen (secondary N) is 3. The largest absolute Gasteiger partial charge is 0.476 e. The van der Waals surface area contributed by atoms with Gasteiger partial charge in [0.2, 0.25) is 0 Å². The number of carboxylic acids is 1. The molecule has 4 N–H and O–H groups in total. The average Bonchev–Trinajstić information content (AvgIpc) is 3.51. The molecule has 1 saturated heterocycles. The van der Waals surface area contributed by atoms with E-state index in [2.05, 4.69) is 42.0 Å². The van der Waals surface area contributed by atoms with E-state index < -0.39 is 11.4 Å². The van der Waals surface area contributed by atoms with Crippen molar-refractivity contribution in [3.63, 3.8) is 0 Å². The highest BCUT2D eigenvalue weighted by atomic mass is 16.5.